The lowest BCUT2D eigenvalue weighted by Crippen LogP contribution is -2.45. The van der Waals surface area contributed by atoms with Gasteiger partial charge in [0.15, 0.2) is 5.82 Å². The monoisotopic (exact) mass is 566 g/mol. The van der Waals surface area contributed by atoms with Crippen LogP contribution in [0.4, 0.5) is 11.6 Å². The molecule has 1 aliphatic rings. The second kappa shape index (κ2) is 12.3. The third-order valence-corrected chi connectivity index (χ3v) is 6.79. The number of aliphatic hydroxyl groups is 1. The van der Waals surface area contributed by atoms with Crippen molar-refractivity contribution < 1.29 is 14.7 Å². The highest BCUT2D eigenvalue weighted by Gasteiger charge is 2.34. The van der Waals surface area contributed by atoms with Gasteiger partial charge in [0, 0.05) is 49.2 Å². The van der Waals surface area contributed by atoms with Crippen molar-refractivity contribution in [2.75, 3.05) is 43.4 Å². The van der Waals surface area contributed by atoms with Crippen molar-refractivity contribution in [1.29, 1.82) is 0 Å². The van der Waals surface area contributed by atoms with E-state index in [-0.39, 0.29) is 18.4 Å². The third kappa shape index (κ3) is 7.58. The molecule has 37 heavy (non-hydrogen) atoms. The Bertz CT molecular complexity index is 1210. The molecule has 0 saturated carbocycles. The van der Waals surface area contributed by atoms with E-state index in [9.17, 15) is 14.7 Å². The highest BCUT2D eigenvalue weighted by Crippen LogP contribution is 2.33. The topological polar surface area (TPSA) is 119 Å². The van der Waals surface area contributed by atoms with E-state index in [1.54, 1.807) is 6.07 Å². The molecule has 1 saturated heterocycles. The zero-order chi connectivity index (χ0) is 26.3. The summed E-state index contributed by atoms with van der Waals surface area (Å²) in [6, 6.07) is 19.0. The first-order valence-corrected chi connectivity index (χ1v) is 13.0. The van der Waals surface area contributed by atoms with Crippen LogP contribution in [-0.4, -0.2) is 64.5 Å². The zero-order valence-corrected chi connectivity index (χ0v) is 22.3. The lowest BCUT2D eigenvalue weighted by atomic mass is 9.84. The van der Waals surface area contributed by atoms with Gasteiger partial charge in [-0.15, -0.1) is 0 Å². The van der Waals surface area contributed by atoms with Crippen LogP contribution in [0.15, 0.2) is 65.1 Å². The molecule has 1 fully saturated rings. The molecule has 4 N–H and O–H groups in total. The molecular formula is C27H31BrN6O3. The number of halogens is 1. The Kier molecular flexibility index (Phi) is 8.86. The van der Waals surface area contributed by atoms with Crippen molar-refractivity contribution in [3.05, 3.63) is 70.7 Å². The SMILES string of the molecule is CC(=O)NCCNc1cc(NC(=O)CN2CCC(O)(c3ccc(Br)cc3)CC2)nc(-c2ccccc2)n1. The van der Waals surface area contributed by atoms with Crippen molar-refractivity contribution >= 4 is 39.4 Å². The van der Waals surface area contributed by atoms with Gasteiger partial charge in [-0.25, -0.2) is 9.97 Å². The highest BCUT2D eigenvalue weighted by atomic mass is 79.9. The Morgan fingerprint density at radius 1 is 1.00 bits per heavy atom. The van der Waals surface area contributed by atoms with Crippen LogP contribution in [0, 0.1) is 0 Å². The number of benzene rings is 2. The summed E-state index contributed by atoms with van der Waals surface area (Å²) >= 11 is 3.43. The van der Waals surface area contributed by atoms with E-state index in [0.29, 0.717) is 56.5 Å². The van der Waals surface area contributed by atoms with Crippen LogP contribution in [-0.2, 0) is 15.2 Å². The summed E-state index contributed by atoms with van der Waals surface area (Å²) in [5.41, 5.74) is 0.836. The second-order valence-electron chi connectivity index (χ2n) is 9.10. The van der Waals surface area contributed by atoms with Crippen LogP contribution in [0.2, 0.25) is 0 Å². The highest BCUT2D eigenvalue weighted by molar-refractivity contribution is 9.10. The van der Waals surface area contributed by atoms with E-state index in [4.69, 9.17) is 0 Å². The molecule has 0 bridgehead atoms. The first kappa shape index (κ1) is 26.7. The summed E-state index contributed by atoms with van der Waals surface area (Å²) in [6.07, 6.45) is 1.10. The molecule has 1 aromatic heterocycles. The number of nitrogens with zero attached hydrogens (tertiary/aromatic N) is 3. The van der Waals surface area contributed by atoms with Crippen LogP contribution < -0.4 is 16.0 Å². The summed E-state index contributed by atoms with van der Waals surface area (Å²) in [6.45, 7) is 3.81. The zero-order valence-electron chi connectivity index (χ0n) is 20.7. The lowest BCUT2D eigenvalue weighted by Gasteiger charge is -2.38. The van der Waals surface area contributed by atoms with Crippen molar-refractivity contribution in [2.24, 2.45) is 0 Å². The van der Waals surface area contributed by atoms with Crippen molar-refractivity contribution in [3.63, 3.8) is 0 Å². The predicted molar refractivity (Wildman–Crippen MR) is 147 cm³/mol. The van der Waals surface area contributed by atoms with E-state index in [1.165, 1.54) is 6.92 Å². The molecule has 9 nitrogen and oxygen atoms in total. The van der Waals surface area contributed by atoms with Crippen molar-refractivity contribution in [3.8, 4) is 11.4 Å². The number of aromatic nitrogens is 2. The van der Waals surface area contributed by atoms with Crippen LogP contribution in [0.3, 0.4) is 0 Å². The maximum Gasteiger partial charge on any atom is 0.239 e. The summed E-state index contributed by atoms with van der Waals surface area (Å²) in [5.74, 6) is 1.14. The summed E-state index contributed by atoms with van der Waals surface area (Å²) in [7, 11) is 0. The summed E-state index contributed by atoms with van der Waals surface area (Å²) in [4.78, 5) is 35.2. The maximum atomic E-state index is 12.9. The number of hydrogen-bond donors (Lipinski definition) is 4. The Balaban J connectivity index is 1.38. The van der Waals surface area contributed by atoms with Gasteiger partial charge in [-0.3, -0.25) is 14.5 Å². The number of rotatable bonds is 9. The Morgan fingerprint density at radius 3 is 2.35 bits per heavy atom. The van der Waals surface area contributed by atoms with Gasteiger partial charge in [0.2, 0.25) is 11.8 Å². The minimum Gasteiger partial charge on any atom is -0.385 e. The minimum atomic E-state index is -0.886. The molecule has 0 atom stereocenters. The van der Waals surface area contributed by atoms with Gasteiger partial charge in [-0.1, -0.05) is 58.4 Å². The second-order valence-corrected chi connectivity index (χ2v) is 10.0. The van der Waals surface area contributed by atoms with Gasteiger partial charge in [0.05, 0.1) is 12.1 Å². The molecule has 2 amide bonds. The fourth-order valence-corrected chi connectivity index (χ4v) is 4.53. The lowest BCUT2D eigenvalue weighted by molar-refractivity contribution is -0.119. The van der Waals surface area contributed by atoms with Crippen molar-refractivity contribution in [1.82, 2.24) is 20.2 Å². The largest absolute Gasteiger partial charge is 0.385 e. The normalized spacial score (nSPS) is 15.1. The van der Waals surface area contributed by atoms with Crippen LogP contribution in [0.5, 0.6) is 0 Å². The molecule has 2 aromatic carbocycles. The number of amides is 2. The molecule has 194 valence electrons. The number of piperidine rings is 1. The fourth-order valence-electron chi connectivity index (χ4n) is 4.26. The van der Waals surface area contributed by atoms with E-state index < -0.39 is 5.60 Å². The van der Waals surface area contributed by atoms with Gasteiger partial charge < -0.3 is 21.1 Å². The summed E-state index contributed by atoms with van der Waals surface area (Å²) in [5, 5.41) is 19.9. The van der Waals surface area contributed by atoms with Gasteiger partial charge >= 0.3 is 0 Å². The average molecular weight is 567 g/mol. The molecule has 2 heterocycles. The van der Waals surface area contributed by atoms with Crippen LogP contribution >= 0.6 is 15.9 Å². The maximum absolute atomic E-state index is 12.9. The van der Waals surface area contributed by atoms with Gasteiger partial charge in [-0.05, 0) is 30.5 Å². The minimum absolute atomic E-state index is 0.101. The van der Waals surface area contributed by atoms with Crippen LogP contribution in [0.25, 0.3) is 11.4 Å². The number of likely N-dealkylation sites (tertiary alicyclic amines) is 1. The Morgan fingerprint density at radius 2 is 1.68 bits per heavy atom. The molecule has 1 aliphatic heterocycles. The number of nitrogens with one attached hydrogen (secondary N) is 3. The quantitative estimate of drug-likeness (QED) is 0.293. The Hall–Kier alpha value is -3.34. The first-order chi connectivity index (χ1) is 17.8. The molecule has 0 spiro atoms. The Labute approximate surface area is 224 Å². The van der Waals surface area contributed by atoms with Gasteiger partial charge in [-0.2, -0.15) is 0 Å². The fraction of sp³-hybridized carbons (Fsp3) is 0.333. The predicted octanol–water partition coefficient (Wildman–Crippen LogP) is 3.38. The smallest absolute Gasteiger partial charge is 0.239 e. The van der Waals surface area contributed by atoms with E-state index in [1.807, 2.05) is 59.5 Å². The molecule has 0 unspecified atom stereocenters. The molecule has 4 rings (SSSR count). The van der Waals surface area contributed by atoms with E-state index in [0.717, 1.165) is 15.6 Å². The third-order valence-electron chi connectivity index (χ3n) is 6.26. The number of carbonyl (C=O) groups is 2. The first-order valence-electron chi connectivity index (χ1n) is 12.2. The molecule has 3 aromatic rings. The van der Waals surface area contributed by atoms with Gasteiger partial charge in [0.25, 0.3) is 0 Å². The molecule has 0 aliphatic carbocycles. The summed E-state index contributed by atoms with van der Waals surface area (Å²) < 4.78 is 0.972. The van der Waals surface area contributed by atoms with Crippen LogP contribution in [0.1, 0.15) is 25.3 Å². The van der Waals surface area contributed by atoms with Gasteiger partial charge in [0.1, 0.15) is 11.6 Å². The number of hydrogen-bond acceptors (Lipinski definition) is 7. The van der Waals surface area contributed by atoms with Crippen molar-refractivity contribution in [2.45, 2.75) is 25.4 Å². The molecular weight excluding hydrogens is 536 g/mol. The number of carbonyl (C=O) groups excluding carboxylic acids is 2. The standard InChI is InChI=1S/C27H31BrN6O3/c1-19(35)29-13-14-30-23-17-24(33-26(32-23)20-5-3-2-4-6-20)31-25(36)18-34-15-11-27(37,12-16-34)21-7-9-22(28)10-8-21/h2-10,17,37H,11-16,18H2,1H3,(H,29,35)(H2,30,31,32,33,36). The molecule has 0 radical (unpaired) electrons. The van der Waals surface area contributed by atoms with E-state index in [2.05, 4.69) is 41.8 Å². The number of anilines is 2. The molecule has 10 heteroatoms. The van der Waals surface area contributed by atoms with E-state index >= 15 is 0 Å². The average Bonchev–Trinajstić information content (AvgIpc) is 2.89.